The average molecular weight is 448 g/mol. The monoisotopic (exact) mass is 448 g/mol. The summed E-state index contributed by atoms with van der Waals surface area (Å²) >= 11 is 0. The van der Waals surface area contributed by atoms with Gasteiger partial charge in [0.2, 0.25) is 0 Å². The van der Waals surface area contributed by atoms with E-state index < -0.39 is 34.3 Å². The number of nitrogens with zero attached hydrogens (tertiary/aromatic N) is 1. The Labute approximate surface area is 182 Å². The normalized spacial score (nSPS) is 14.2. The lowest BCUT2D eigenvalue weighted by atomic mass is 9.77. The van der Waals surface area contributed by atoms with E-state index in [1.807, 2.05) is 0 Å². The molecule has 2 aromatic carbocycles. The number of hydrogen-bond donors (Lipinski definition) is 2. The molecule has 3 rings (SSSR count). The predicted octanol–water partition coefficient (Wildman–Crippen LogP) is 4.78. The van der Waals surface area contributed by atoms with Crippen LogP contribution in [0.3, 0.4) is 0 Å². The molecule has 32 heavy (non-hydrogen) atoms. The van der Waals surface area contributed by atoms with Crippen LogP contribution < -0.4 is 10.9 Å². The van der Waals surface area contributed by atoms with Crippen molar-refractivity contribution < 1.29 is 27.6 Å². The van der Waals surface area contributed by atoms with E-state index in [1.165, 1.54) is 18.2 Å². The molecule has 1 aromatic heterocycles. The molecule has 170 valence electrons. The largest absolute Gasteiger partial charge is 0.416 e. The summed E-state index contributed by atoms with van der Waals surface area (Å²) in [4.78, 5) is 25.0. The summed E-state index contributed by atoms with van der Waals surface area (Å²) in [6.07, 6.45) is -4.58. The van der Waals surface area contributed by atoms with Crippen LogP contribution in [0.4, 0.5) is 18.9 Å². The number of aliphatic hydroxyl groups is 1. The van der Waals surface area contributed by atoms with E-state index >= 15 is 0 Å². The SMILES string of the molecule is Cc1noc(=O)c2ccc(NC(=O)C(O)(CC(C)(C)C)c3ccc(C(F)(F)F)cc3)cc12. The molecule has 0 aliphatic heterocycles. The molecule has 3 aromatic rings. The Morgan fingerprint density at radius 3 is 2.19 bits per heavy atom. The maximum absolute atomic E-state index is 13.2. The second-order valence-corrected chi connectivity index (χ2v) is 8.94. The first-order valence-electron chi connectivity index (χ1n) is 9.83. The van der Waals surface area contributed by atoms with Crippen molar-refractivity contribution in [1.82, 2.24) is 5.16 Å². The molecule has 1 heterocycles. The number of rotatable bonds is 4. The number of carbonyl (C=O) groups is 1. The number of alkyl halides is 3. The highest BCUT2D eigenvalue weighted by atomic mass is 19.4. The molecule has 1 amide bonds. The fourth-order valence-corrected chi connectivity index (χ4v) is 3.56. The Morgan fingerprint density at radius 2 is 1.62 bits per heavy atom. The number of anilines is 1. The number of aromatic nitrogens is 1. The molecule has 9 heteroatoms. The van der Waals surface area contributed by atoms with Crippen molar-refractivity contribution in [3.8, 4) is 0 Å². The molecule has 2 N–H and O–H groups in total. The van der Waals surface area contributed by atoms with Crippen LogP contribution in [0.5, 0.6) is 0 Å². The van der Waals surface area contributed by atoms with Crippen LogP contribution in [0.15, 0.2) is 51.8 Å². The lowest BCUT2D eigenvalue weighted by Crippen LogP contribution is -2.43. The zero-order valence-electron chi connectivity index (χ0n) is 18.0. The fourth-order valence-electron chi connectivity index (χ4n) is 3.56. The van der Waals surface area contributed by atoms with Gasteiger partial charge in [0, 0.05) is 11.1 Å². The fraction of sp³-hybridized carbons (Fsp3) is 0.348. The van der Waals surface area contributed by atoms with Crippen LogP contribution in [-0.2, 0) is 16.6 Å². The van der Waals surface area contributed by atoms with Gasteiger partial charge in [-0.25, -0.2) is 4.79 Å². The van der Waals surface area contributed by atoms with Gasteiger partial charge in [0.15, 0.2) is 5.60 Å². The highest BCUT2D eigenvalue weighted by Crippen LogP contribution is 2.38. The lowest BCUT2D eigenvalue weighted by molar-refractivity contribution is -0.138. The minimum Gasteiger partial charge on any atom is -0.375 e. The molecule has 0 bridgehead atoms. The molecular formula is C23H23F3N2O4. The van der Waals surface area contributed by atoms with Gasteiger partial charge >= 0.3 is 11.8 Å². The van der Waals surface area contributed by atoms with Gasteiger partial charge in [0.25, 0.3) is 5.91 Å². The van der Waals surface area contributed by atoms with Gasteiger partial charge in [-0.2, -0.15) is 13.2 Å². The first-order valence-corrected chi connectivity index (χ1v) is 9.83. The van der Waals surface area contributed by atoms with Gasteiger partial charge in [-0.3, -0.25) is 4.79 Å². The quantitative estimate of drug-likeness (QED) is 0.599. The summed E-state index contributed by atoms with van der Waals surface area (Å²) in [5.74, 6) is -0.805. The third-order valence-corrected chi connectivity index (χ3v) is 5.00. The van der Waals surface area contributed by atoms with Crippen LogP contribution in [0.1, 0.15) is 44.0 Å². The third-order valence-electron chi connectivity index (χ3n) is 5.00. The van der Waals surface area contributed by atoms with Crippen molar-refractivity contribution >= 4 is 22.4 Å². The molecule has 1 atom stereocenters. The minimum atomic E-state index is -4.54. The molecule has 0 fully saturated rings. The second-order valence-electron chi connectivity index (χ2n) is 8.94. The number of benzene rings is 2. The number of hydrogen-bond acceptors (Lipinski definition) is 5. The molecule has 1 unspecified atom stereocenters. The summed E-state index contributed by atoms with van der Waals surface area (Å²) in [6.45, 7) is 7.05. The summed E-state index contributed by atoms with van der Waals surface area (Å²) in [5, 5.41) is 18.4. The number of halogens is 3. The summed E-state index contributed by atoms with van der Waals surface area (Å²) < 4.78 is 43.5. The molecule has 0 saturated heterocycles. The number of nitrogens with one attached hydrogen (secondary N) is 1. The van der Waals surface area contributed by atoms with Crippen molar-refractivity contribution in [2.24, 2.45) is 5.41 Å². The van der Waals surface area contributed by atoms with Gasteiger partial charge in [-0.1, -0.05) is 38.1 Å². The Balaban J connectivity index is 2.00. The van der Waals surface area contributed by atoms with Crippen LogP contribution in [0, 0.1) is 12.3 Å². The van der Waals surface area contributed by atoms with Gasteiger partial charge < -0.3 is 14.9 Å². The Bertz CT molecular complexity index is 1210. The summed E-state index contributed by atoms with van der Waals surface area (Å²) in [7, 11) is 0. The van der Waals surface area contributed by atoms with Crippen molar-refractivity contribution in [3.05, 3.63) is 69.7 Å². The second kappa shape index (κ2) is 8.05. The van der Waals surface area contributed by atoms with Crippen molar-refractivity contribution in [2.75, 3.05) is 5.32 Å². The molecule has 0 spiro atoms. The number of amides is 1. The van der Waals surface area contributed by atoms with E-state index in [2.05, 4.69) is 15.0 Å². The average Bonchev–Trinajstić information content (AvgIpc) is 2.69. The van der Waals surface area contributed by atoms with Crippen LogP contribution >= 0.6 is 0 Å². The minimum absolute atomic E-state index is 0.0391. The zero-order chi connectivity index (χ0) is 23.9. The highest BCUT2D eigenvalue weighted by molar-refractivity contribution is 5.99. The van der Waals surface area contributed by atoms with E-state index in [9.17, 15) is 27.9 Å². The smallest absolute Gasteiger partial charge is 0.375 e. The Morgan fingerprint density at radius 1 is 1.03 bits per heavy atom. The topological polar surface area (TPSA) is 92.4 Å². The highest BCUT2D eigenvalue weighted by Gasteiger charge is 2.42. The molecule has 0 saturated carbocycles. The molecule has 0 aliphatic carbocycles. The first-order chi connectivity index (χ1) is 14.7. The summed E-state index contributed by atoms with van der Waals surface area (Å²) in [5.41, 5.74) is -3.37. The number of fused-ring (bicyclic) bond motifs is 1. The van der Waals surface area contributed by atoms with E-state index in [1.54, 1.807) is 27.7 Å². The van der Waals surface area contributed by atoms with E-state index in [-0.39, 0.29) is 23.1 Å². The van der Waals surface area contributed by atoms with E-state index in [4.69, 9.17) is 0 Å². The molecule has 0 radical (unpaired) electrons. The van der Waals surface area contributed by atoms with E-state index in [0.717, 1.165) is 24.3 Å². The van der Waals surface area contributed by atoms with Crippen LogP contribution in [0.25, 0.3) is 10.8 Å². The van der Waals surface area contributed by atoms with Gasteiger partial charge in [0.05, 0.1) is 16.6 Å². The maximum Gasteiger partial charge on any atom is 0.416 e. The van der Waals surface area contributed by atoms with Gasteiger partial charge in [-0.05, 0) is 54.7 Å². The number of aryl methyl sites for hydroxylation is 1. The summed E-state index contributed by atoms with van der Waals surface area (Å²) in [6, 6.07) is 8.34. The molecule has 6 nitrogen and oxygen atoms in total. The molecular weight excluding hydrogens is 425 g/mol. The Hall–Kier alpha value is -3.20. The lowest BCUT2D eigenvalue weighted by Gasteiger charge is -2.33. The standard InChI is InChI=1S/C23H23F3N2O4/c1-13-18-11-16(9-10-17(18)19(29)32-28-13)27-20(30)22(31,12-21(2,3)4)14-5-7-15(8-6-14)23(24,25)26/h5-11,31H,12H2,1-4H3,(H,27,30). The van der Waals surface area contributed by atoms with Crippen molar-refractivity contribution in [2.45, 2.75) is 45.9 Å². The van der Waals surface area contributed by atoms with Gasteiger partial charge in [0.1, 0.15) is 0 Å². The first kappa shape index (κ1) is 23.5. The van der Waals surface area contributed by atoms with Crippen LogP contribution in [-0.4, -0.2) is 16.2 Å². The number of carbonyl (C=O) groups excluding carboxylic acids is 1. The predicted molar refractivity (Wildman–Crippen MR) is 113 cm³/mol. The Kier molecular flexibility index (Phi) is 5.90. The van der Waals surface area contributed by atoms with Gasteiger partial charge in [-0.15, -0.1) is 0 Å². The van der Waals surface area contributed by atoms with E-state index in [0.29, 0.717) is 11.1 Å². The van der Waals surface area contributed by atoms with Crippen LogP contribution in [0.2, 0.25) is 0 Å². The van der Waals surface area contributed by atoms with Crippen molar-refractivity contribution in [3.63, 3.8) is 0 Å². The maximum atomic E-state index is 13.2. The zero-order valence-corrected chi connectivity index (χ0v) is 18.0. The third kappa shape index (κ3) is 4.83. The van der Waals surface area contributed by atoms with Crippen molar-refractivity contribution in [1.29, 1.82) is 0 Å². The molecule has 0 aliphatic rings.